The van der Waals surface area contributed by atoms with Crippen molar-refractivity contribution in [2.24, 2.45) is 0 Å². The van der Waals surface area contributed by atoms with Crippen molar-refractivity contribution in [3.8, 4) is 56.4 Å². The molecule has 0 amide bonds. The van der Waals surface area contributed by atoms with E-state index in [2.05, 4.69) is 176 Å². The lowest BCUT2D eigenvalue weighted by Crippen LogP contribution is -2.00. The number of rotatable bonds is 5. The van der Waals surface area contributed by atoms with Crippen LogP contribution in [0.1, 0.15) is 0 Å². The second-order valence-corrected chi connectivity index (χ2v) is 15.0. The Balaban J connectivity index is 1.15. The minimum atomic E-state index is 0.637. The van der Waals surface area contributed by atoms with E-state index < -0.39 is 0 Å². The zero-order valence-corrected chi connectivity index (χ0v) is 30.5. The van der Waals surface area contributed by atoms with E-state index in [0.29, 0.717) is 17.5 Å². The Hall–Kier alpha value is -7.01. The number of fused-ring (bicyclic) bond motifs is 10. The molecular formula is C51H31N3S. The minimum absolute atomic E-state index is 0.637. The van der Waals surface area contributed by atoms with Gasteiger partial charge in [-0.3, -0.25) is 0 Å². The van der Waals surface area contributed by atoms with Gasteiger partial charge < -0.3 is 0 Å². The van der Waals surface area contributed by atoms with Gasteiger partial charge in [0.2, 0.25) is 0 Å². The van der Waals surface area contributed by atoms with E-state index in [9.17, 15) is 0 Å². The molecule has 11 aromatic rings. The highest BCUT2D eigenvalue weighted by Crippen LogP contribution is 2.45. The van der Waals surface area contributed by atoms with Crippen LogP contribution in [0, 0.1) is 0 Å². The molecule has 0 atom stereocenters. The van der Waals surface area contributed by atoms with Crippen LogP contribution in [0.25, 0.3) is 109 Å². The molecular weight excluding hydrogens is 687 g/mol. The van der Waals surface area contributed by atoms with Crippen molar-refractivity contribution >= 4 is 63.8 Å². The molecule has 2 heterocycles. The normalized spacial score (nSPS) is 11.6. The molecule has 0 unspecified atom stereocenters. The molecule has 3 nitrogen and oxygen atoms in total. The highest BCUT2D eigenvalue weighted by molar-refractivity contribution is 7.26. The topological polar surface area (TPSA) is 38.7 Å². The first-order valence-electron chi connectivity index (χ1n) is 18.5. The van der Waals surface area contributed by atoms with Gasteiger partial charge in [0, 0.05) is 42.2 Å². The Bertz CT molecular complexity index is 3160. The first-order chi connectivity index (χ1) is 27.2. The third-order valence-electron chi connectivity index (χ3n) is 10.7. The van der Waals surface area contributed by atoms with Gasteiger partial charge in [-0.2, -0.15) is 0 Å². The average molecular weight is 718 g/mol. The smallest absolute Gasteiger partial charge is 0.164 e. The van der Waals surface area contributed by atoms with Gasteiger partial charge in [-0.25, -0.2) is 15.0 Å². The number of hydrogen-bond donors (Lipinski definition) is 0. The van der Waals surface area contributed by atoms with Crippen molar-refractivity contribution in [3.05, 3.63) is 188 Å². The van der Waals surface area contributed by atoms with E-state index >= 15 is 0 Å². The molecule has 0 saturated heterocycles. The first kappa shape index (κ1) is 31.5. The summed E-state index contributed by atoms with van der Waals surface area (Å²) in [7, 11) is 0. The Morgan fingerprint density at radius 1 is 0.273 bits per heavy atom. The van der Waals surface area contributed by atoms with Crippen LogP contribution >= 0.6 is 11.3 Å². The van der Waals surface area contributed by atoms with Crippen molar-refractivity contribution in [2.75, 3.05) is 0 Å². The van der Waals surface area contributed by atoms with Crippen LogP contribution in [0.5, 0.6) is 0 Å². The number of hydrogen-bond acceptors (Lipinski definition) is 4. The van der Waals surface area contributed by atoms with Crippen molar-refractivity contribution < 1.29 is 0 Å². The van der Waals surface area contributed by atoms with Crippen LogP contribution in [-0.4, -0.2) is 15.0 Å². The maximum atomic E-state index is 5.22. The van der Waals surface area contributed by atoms with Gasteiger partial charge >= 0.3 is 0 Å². The summed E-state index contributed by atoms with van der Waals surface area (Å²) in [6, 6.07) is 66.7. The van der Waals surface area contributed by atoms with Gasteiger partial charge in [0.15, 0.2) is 17.5 Å². The number of nitrogens with zero attached hydrogens (tertiary/aromatic N) is 3. The Kier molecular flexibility index (Phi) is 7.35. The average Bonchev–Trinajstić information content (AvgIpc) is 3.66. The zero-order chi connectivity index (χ0) is 36.3. The molecule has 55 heavy (non-hydrogen) atoms. The third-order valence-corrected chi connectivity index (χ3v) is 11.9. The second kappa shape index (κ2) is 12.8. The molecule has 0 fully saturated rings. The molecule has 256 valence electrons. The lowest BCUT2D eigenvalue weighted by Gasteiger charge is -2.14. The Labute approximate surface area is 321 Å². The first-order valence-corrected chi connectivity index (χ1v) is 19.3. The van der Waals surface area contributed by atoms with E-state index in [1.807, 2.05) is 23.5 Å². The summed E-state index contributed by atoms with van der Waals surface area (Å²) in [6.45, 7) is 0. The number of benzene rings is 9. The molecule has 0 aliphatic carbocycles. The van der Waals surface area contributed by atoms with Crippen LogP contribution in [-0.2, 0) is 0 Å². The summed E-state index contributed by atoms with van der Waals surface area (Å²) in [5, 5.41) is 10.1. The number of aromatic nitrogens is 3. The molecule has 2 aromatic heterocycles. The van der Waals surface area contributed by atoms with E-state index in [1.54, 1.807) is 0 Å². The van der Waals surface area contributed by atoms with E-state index in [0.717, 1.165) is 38.9 Å². The molecule has 0 spiro atoms. The summed E-state index contributed by atoms with van der Waals surface area (Å²) in [5.41, 5.74) is 7.36. The van der Waals surface area contributed by atoms with Crippen LogP contribution in [0.15, 0.2) is 188 Å². The van der Waals surface area contributed by atoms with Crippen LogP contribution in [0.2, 0.25) is 0 Å². The fourth-order valence-electron chi connectivity index (χ4n) is 8.06. The van der Waals surface area contributed by atoms with Crippen LogP contribution in [0.4, 0.5) is 0 Å². The van der Waals surface area contributed by atoms with Gasteiger partial charge in [0.05, 0.1) is 0 Å². The third kappa shape index (κ3) is 5.38. The largest absolute Gasteiger partial charge is 0.208 e. The maximum absolute atomic E-state index is 5.22. The van der Waals surface area contributed by atoms with Crippen LogP contribution < -0.4 is 0 Å². The van der Waals surface area contributed by atoms with E-state index in [4.69, 9.17) is 15.0 Å². The molecule has 4 heteroatoms. The maximum Gasteiger partial charge on any atom is 0.164 e. The van der Waals surface area contributed by atoms with Crippen molar-refractivity contribution in [3.63, 3.8) is 0 Å². The molecule has 11 rings (SSSR count). The zero-order valence-electron chi connectivity index (χ0n) is 29.6. The lowest BCUT2D eigenvalue weighted by atomic mass is 9.92. The van der Waals surface area contributed by atoms with Gasteiger partial charge in [-0.15, -0.1) is 11.3 Å². The summed E-state index contributed by atoms with van der Waals surface area (Å²) in [4.78, 5) is 15.6. The molecule has 0 N–H and O–H groups in total. The predicted molar refractivity (Wildman–Crippen MR) is 232 cm³/mol. The Morgan fingerprint density at radius 2 is 0.709 bits per heavy atom. The molecule has 0 bridgehead atoms. The monoisotopic (exact) mass is 717 g/mol. The second-order valence-electron chi connectivity index (χ2n) is 14.0. The summed E-state index contributed by atoms with van der Waals surface area (Å²) >= 11 is 1.88. The van der Waals surface area contributed by atoms with E-state index in [-0.39, 0.29) is 0 Å². The van der Waals surface area contributed by atoms with Gasteiger partial charge in [-0.05, 0) is 73.5 Å². The SMILES string of the molecule is c1ccc(-c2cccc(-c3nc(-c4cccc(-c5ccccc5)c4)nc(-c4ccc5c(c4)c4ccccc4c4ccc6c7ccccc7sc6c45)n3)c2)cc1. The quantitative estimate of drug-likeness (QED) is 0.166. The summed E-state index contributed by atoms with van der Waals surface area (Å²) in [6.07, 6.45) is 0. The minimum Gasteiger partial charge on any atom is -0.208 e. The molecule has 9 aromatic carbocycles. The summed E-state index contributed by atoms with van der Waals surface area (Å²) in [5.74, 6) is 1.91. The molecule has 0 aliphatic heterocycles. The van der Waals surface area contributed by atoms with Gasteiger partial charge in [0.25, 0.3) is 0 Å². The highest BCUT2D eigenvalue weighted by atomic mass is 32.1. The highest BCUT2D eigenvalue weighted by Gasteiger charge is 2.18. The fourth-order valence-corrected chi connectivity index (χ4v) is 9.32. The lowest BCUT2D eigenvalue weighted by molar-refractivity contribution is 1.07. The van der Waals surface area contributed by atoms with Crippen molar-refractivity contribution in [1.29, 1.82) is 0 Å². The standard InChI is InChI=1S/C51H31N3S/c1-3-13-32(14-4-1)34-17-11-19-36(29-34)49-52-50(37-20-12-18-35(30-37)33-15-5-2-6-16-33)54-51(53-49)38-25-26-43-45(31-38)40-22-8-7-21-39(40)42-27-28-44-41-23-9-10-24-46(41)55-48(44)47(42)43/h1-31H. The van der Waals surface area contributed by atoms with Crippen LogP contribution in [0.3, 0.4) is 0 Å². The molecule has 0 aliphatic rings. The van der Waals surface area contributed by atoms with Gasteiger partial charge in [-0.1, -0.05) is 164 Å². The fraction of sp³-hybridized carbons (Fsp3) is 0. The van der Waals surface area contributed by atoms with Gasteiger partial charge in [0.1, 0.15) is 0 Å². The molecule has 0 saturated carbocycles. The Morgan fingerprint density at radius 3 is 1.33 bits per heavy atom. The molecule has 0 radical (unpaired) electrons. The summed E-state index contributed by atoms with van der Waals surface area (Å²) < 4.78 is 2.63. The van der Waals surface area contributed by atoms with Crippen molar-refractivity contribution in [2.45, 2.75) is 0 Å². The predicted octanol–water partition coefficient (Wildman–Crippen LogP) is 14.0. The number of thiophene rings is 1. The van der Waals surface area contributed by atoms with E-state index in [1.165, 1.54) is 52.5 Å². The van der Waals surface area contributed by atoms with Crippen molar-refractivity contribution in [1.82, 2.24) is 15.0 Å².